The molecule has 0 saturated carbocycles. The summed E-state index contributed by atoms with van der Waals surface area (Å²) in [5, 5.41) is 15.2. The molecule has 0 saturated heterocycles. The number of nitrogens with zero attached hydrogens (tertiary/aromatic N) is 2. The predicted octanol–water partition coefficient (Wildman–Crippen LogP) is 7.34. The molecule has 200 valence electrons. The molecule has 3 aromatic rings. The lowest BCUT2D eigenvalue weighted by Crippen LogP contribution is -2.15. The Morgan fingerprint density at radius 1 is 1.16 bits per heavy atom. The number of nitro benzene ring substituents is 1. The van der Waals surface area contributed by atoms with Crippen molar-refractivity contribution in [3.8, 4) is 11.5 Å². The Morgan fingerprint density at radius 2 is 1.92 bits per heavy atom. The monoisotopic (exact) mass is 535 g/mol. The summed E-state index contributed by atoms with van der Waals surface area (Å²) in [6.07, 6.45) is 7.68. The number of ether oxygens (including phenoxy) is 2. The third kappa shape index (κ3) is 6.05. The van der Waals surface area contributed by atoms with Crippen LogP contribution in [0, 0.1) is 24.0 Å². The van der Waals surface area contributed by atoms with Crippen LogP contribution in [0.5, 0.6) is 11.5 Å². The highest BCUT2D eigenvalue weighted by atomic mass is 32.1. The molecule has 0 spiro atoms. The van der Waals surface area contributed by atoms with E-state index in [1.54, 1.807) is 0 Å². The lowest BCUT2D eigenvalue weighted by Gasteiger charge is -2.13. The lowest BCUT2D eigenvalue weighted by molar-refractivity contribution is -0.385. The van der Waals surface area contributed by atoms with Crippen LogP contribution < -0.4 is 14.8 Å². The lowest BCUT2D eigenvalue weighted by atomic mass is 9.96. The number of aryl methyl sites for hydroxylation is 3. The molecule has 2 aromatic carbocycles. The highest BCUT2D eigenvalue weighted by Crippen LogP contribution is 2.40. The number of benzene rings is 2. The molecule has 0 aliphatic heterocycles. The summed E-state index contributed by atoms with van der Waals surface area (Å²) in [4.78, 5) is 30.7. The maximum Gasteiger partial charge on any atom is 0.274 e. The number of aliphatic imine (C=N–C) groups is 1. The SMILES string of the molecule is CCOc1c(C=Nc2sc3c(c2C(=O)Nc2cc(C)ccc2C)CCCCCC3)cc([N+](=O)[O-])cc1OC. The minimum Gasteiger partial charge on any atom is -0.493 e. The van der Waals surface area contributed by atoms with Crippen molar-refractivity contribution in [1.29, 1.82) is 0 Å². The van der Waals surface area contributed by atoms with E-state index in [2.05, 4.69) is 5.32 Å². The van der Waals surface area contributed by atoms with Crippen molar-refractivity contribution in [2.75, 3.05) is 19.0 Å². The average molecular weight is 536 g/mol. The fourth-order valence-corrected chi connectivity index (χ4v) is 5.90. The first kappa shape index (κ1) is 27.3. The van der Waals surface area contributed by atoms with Crippen molar-refractivity contribution in [2.45, 2.75) is 59.3 Å². The van der Waals surface area contributed by atoms with Crippen molar-refractivity contribution in [1.82, 2.24) is 0 Å². The summed E-state index contributed by atoms with van der Waals surface area (Å²) >= 11 is 1.53. The molecule has 0 fully saturated rings. The number of hydrogen-bond donors (Lipinski definition) is 1. The average Bonchev–Trinajstić information content (AvgIpc) is 3.21. The van der Waals surface area contributed by atoms with Crippen molar-refractivity contribution < 1.29 is 19.2 Å². The van der Waals surface area contributed by atoms with Gasteiger partial charge in [0.2, 0.25) is 0 Å². The quantitative estimate of drug-likeness (QED) is 0.185. The second-order valence-corrected chi connectivity index (χ2v) is 10.5. The van der Waals surface area contributed by atoms with E-state index < -0.39 is 4.92 Å². The fraction of sp³-hybridized carbons (Fsp3) is 0.379. The predicted molar refractivity (Wildman–Crippen MR) is 152 cm³/mol. The molecule has 0 atom stereocenters. The van der Waals surface area contributed by atoms with Crippen LogP contribution in [-0.2, 0) is 12.8 Å². The molecule has 9 heteroatoms. The molecule has 1 N–H and O–H groups in total. The number of thiophene rings is 1. The Kier molecular flexibility index (Phi) is 8.78. The molecular formula is C29H33N3O5S. The molecule has 1 amide bonds. The zero-order valence-electron chi connectivity index (χ0n) is 22.3. The van der Waals surface area contributed by atoms with Crippen LogP contribution in [0.1, 0.15) is 70.1 Å². The van der Waals surface area contributed by atoms with Crippen LogP contribution in [0.2, 0.25) is 0 Å². The normalized spacial score (nSPS) is 13.5. The number of carbonyl (C=O) groups is 1. The number of hydrogen-bond acceptors (Lipinski definition) is 7. The van der Waals surface area contributed by atoms with Gasteiger partial charge in [0.1, 0.15) is 5.00 Å². The Labute approximate surface area is 226 Å². The fourth-order valence-electron chi connectivity index (χ4n) is 4.67. The van der Waals surface area contributed by atoms with Crippen LogP contribution >= 0.6 is 11.3 Å². The number of nitro groups is 1. The third-order valence-corrected chi connectivity index (χ3v) is 7.83. The molecule has 4 rings (SSSR count). The second-order valence-electron chi connectivity index (χ2n) is 9.39. The maximum absolute atomic E-state index is 13.7. The minimum atomic E-state index is -0.477. The summed E-state index contributed by atoms with van der Waals surface area (Å²) in [5.41, 5.74) is 4.76. The number of rotatable bonds is 8. The second kappa shape index (κ2) is 12.2. The number of anilines is 1. The Balaban J connectivity index is 1.80. The van der Waals surface area contributed by atoms with Gasteiger partial charge in [0.25, 0.3) is 11.6 Å². The van der Waals surface area contributed by atoms with E-state index in [1.165, 1.54) is 48.1 Å². The van der Waals surface area contributed by atoms with Gasteiger partial charge >= 0.3 is 0 Å². The van der Waals surface area contributed by atoms with Gasteiger partial charge in [-0.05, 0) is 69.2 Å². The zero-order valence-corrected chi connectivity index (χ0v) is 23.1. The number of carbonyl (C=O) groups excluding carboxylic acids is 1. The van der Waals surface area contributed by atoms with E-state index in [0.717, 1.165) is 54.5 Å². The molecule has 0 radical (unpaired) electrons. The molecule has 1 aromatic heterocycles. The maximum atomic E-state index is 13.7. The van der Waals surface area contributed by atoms with Crippen LogP contribution in [0.15, 0.2) is 35.3 Å². The van der Waals surface area contributed by atoms with Gasteiger partial charge in [-0.1, -0.05) is 25.0 Å². The molecule has 38 heavy (non-hydrogen) atoms. The summed E-state index contributed by atoms with van der Waals surface area (Å²) in [7, 11) is 1.44. The van der Waals surface area contributed by atoms with Crippen LogP contribution in [0.25, 0.3) is 0 Å². The van der Waals surface area contributed by atoms with E-state index in [0.29, 0.717) is 28.5 Å². The number of amides is 1. The standard InChI is InChI=1S/C29H33N3O5S/c1-5-37-27-20(15-21(32(34)35)16-24(27)36-4)17-30-29-26(22-10-8-6-7-9-11-25(22)38-29)28(33)31-23-14-18(2)12-13-19(23)3/h12-17H,5-11H2,1-4H3,(H,31,33). The summed E-state index contributed by atoms with van der Waals surface area (Å²) in [5.74, 6) is 0.445. The molecule has 1 aliphatic rings. The van der Waals surface area contributed by atoms with Gasteiger partial charge in [0.15, 0.2) is 11.5 Å². The van der Waals surface area contributed by atoms with E-state index >= 15 is 0 Å². The van der Waals surface area contributed by atoms with E-state index in [1.807, 2.05) is 39.0 Å². The molecular weight excluding hydrogens is 502 g/mol. The highest BCUT2D eigenvalue weighted by Gasteiger charge is 2.25. The van der Waals surface area contributed by atoms with Gasteiger partial charge in [-0.2, -0.15) is 0 Å². The van der Waals surface area contributed by atoms with E-state index in [-0.39, 0.29) is 17.3 Å². The van der Waals surface area contributed by atoms with Gasteiger partial charge in [-0.3, -0.25) is 14.9 Å². The van der Waals surface area contributed by atoms with Gasteiger partial charge in [0.05, 0.1) is 30.3 Å². The first-order valence-electron chi connectivity index (χ1n) is 12.9. The smallest absolute Gasteiger partial charge is 0.274 e. The topological polar surface area (TPSA) is 103 Å². The van der Waals surface area contributed by atoms with Crippen molar-refractivity contribution in [3.05, 3.63) is 73.1 Å². The molecule has 1 heterocycles. The van der Waals surface area contributed by atoms with Crippen molar-refractivity contribution >= 4 is 39.8 Å². The summed E-state index contributed by atoms with van der Waals surface area (Å²) < 4.78 is 11.1. The van der Waals surface area contributed by atoms with Crippen molar-refractivity contribution in [3.63, 3.8) is 0 Å². The molecule has 0 unspecified atom stereocenters. The van der Waals surface area contributed by atoms with Gasteiger partial charge < -0.3 is 14.8 Å². The number of methoxy groups -OCH3 is 1. The number of non-ortho nitro benzene ring substituents is 1. The molecule has 1 aliphatic carbocycles. The first-order chi connectivity index (χ1) is 18.3. The van der Waals surface area contributed by atoms with E-state index in [4.69, 9.17) is 14.5 Å². The molecule has 0 bridgehead atoms. The Bertz CT molecular complexity index is 1380. The van der Waals surface area contributed by atoms with Gasteiger partial charge in [-0.15, -0.1) is 11.3 Å². The zero-order chi connectivity index (χ0) is 27.2. The Morgan fingerprint density at radius 3 is 2.63 bits per heavy atom. The van der Waals surface area contributed by atoms with Gasteiger partial charge in [0, 0.05) is 28.4 Å². The van der Waals surface area contributed by atoms with Crippen LogP contribution in [-0.4, -0.2) is 30.8 Å². The third-order valence-electron chi connectivity index (χ3n) is 6.63. The first-order valence-corrected chi connectivity index (χ1v) is 13.7. The largest absolute Gasteiger partial charge is 0.493 e. The van der Waals surface area contributed by atoms with Crippen LogP contribution in [0.3, 0.4) is 0 Å². The number of nitrogens with one attached hydrogen (secondary N) is 1. The molecule has 8 nitrogen and oxygen atoms in total. The minimum absolute atomic E-state index is 0.127. The Hall–Kier alpha value is -3.72. The number of fused-ring (bicyclic) bond motifs is 1. The van der Waals surface area contributed by atoms with Gasteiger partial charge in [-0.25, -0.2) is 4.99 Å². The summed E-state index contributed by atoms with van der Waals surface area (Å²) in [6.45, 7) is 6.15. The van der Waals surface area contributed by atoms with E-state index in [9.17, 15) is 14.9 Å². The summed E-state index contributed by atoms with van der Waals surface area (Å²) in [6, 6.07) is 8.73. The van der Waals surface area contributed by atoms with Crippen LogP contribution in [0.4, 0.5) is 16.4 Å². The highest BCUT2D eigenvalue weighted by molar-refractivity contribution is 7.16. The van der Waals surface area contributed by atoms with Crippen molar-refractivity contribution in [2.24, 2.45) is 4.99 Å².